The molecule has 2 rings (SSSR count). The minimum Gasteiger partial charge on any atom is -0.464 e. The molecule has 2 heterocycles. The van der Waals surface area contributed by atoms with Crippen LogP contribution >= 0.6 is 0 Å². The van der Waals surface area contributed by atoms with Gasteiger partial charge >= 0.3 is 0 Å². The second-order valence-electron chi connectivity index (χ2n) is 4.38. The summed E-state index contributed by atoms with van der Waals surface area (Å²) in [6.45, 7) is 6.20. The smallest absolute Gasteiger partial charge is 0.217 e. The fraction of sp³-hybridized carbons (Fsp3) is 0.636. The number of hydrogen-bond donors (Lipinski definition) is 0. The number of rotatable bonds is 1. The fourth-order valence-corrected chi connectivity index (χ4v) is 1.87. The number of ether oxygens (including phenoxy) is 2. The molecule has 14 heavy (non-hydrogen) atoms. The fourth-order valence-electron chi connectivity index (χ4n) is 1.87. The lowest BCUT2D eigenvalue weighted by Crippen LogP contribution is -2.38. The predicted molar refractivity (Wildman–Crippen MR) is 51.8 cm³/mol. The summed E-state index contributed by atoms with van der Waals surface area (Å²) in [5.41, 5.74) is -0.144. The minimum atomic E-state index is -0.358. The second kappa shape index (κ2) is 3.41. The summed E-state index contributed by atoms with van der Waals surface area (Å²) in [6.07, 6.45) is 2.39. The average Bonchev–Trinajstić information content (AvgIpc) is 2.51. The molecule has 0 bridgehead atoms. The van der Waals surface area contributed by atoms with Crippen molar-refractivity contribution in [3.8, 4) is 0 Å². The Morgan fingerprint density at radius 1 is 1.43 bits per heavy atom. The van der Waals surface area contributed by atoms with Gasteiger partial charge in [-0.3, -0.25) is 0 Å². The quantitative estimate of drug-likeness (QED) is 0.692. The molecule has 3 nitrogen and oxygen atoms in total. The molecule has 0 saturated carbocycles. The Bertz CT molecular complexity index is 289. The molecule has 0 spiro atoms. The van der Waals surface area contributed by atoms with Gasteiger partial charge in [0.1, 0.15) is 0 Å². The summed E-state index contributed by atoms with van der Waals surface area (Å²) < 4.78 is 16.7. The van der Waals surface area contributed by atoms with E-state index in [1.165, 1.54) is 0 Å². The van der Waals surface area contributed by atoms with Crippen LogP contribution in [0.25, 0.3) is 0 Å². The first-order valence-electron chi connectivity index (χ1n) is 4.93. The Balaban J connectivity index is 2.14. The van der Waals surface area contributed by atoms with Crippen molar-refractivity contribution in [1.82, 2.24) is 0 Å². The van der Waals surface area contributed by atoms with Crippen molar-refractivity contribution in [2.75, 3.05) is 0 Å². The summed E-state index contributed by atoms with van der Waals surface area (Å²) in [6, 6.07) is 3.72. The third kappa shape index (κ3) is 1.99. The highest BCUT2D eigenvalue weighted by atomic mass is 16.7. The molecule has 78 valence electrons. The Morgan fingerprint density at radius 3 is 2.79 bits per heavy atom. The van der Waals surface area contributed by atoms with E-state index in [-0.39, 0.29) is 18.0 Å². The van der Waals surface area contributed by atoms with Gasteiger partial charge in [-0.15, -0.1) is 0 Å². The third-order valence-corrected chi connectivity index (χ3v) is 2.34. The summed E-state index contributed by atoms with van der Waals surface area (Å²) >= 11 is 0. The topological polar surface area (TPSA) is 31.6 Å². The molecule has 1 saturated heterocycles. The van der Waals surface area contributed by atoms with Gasteiger partial charge in [-0.05, 0) is 32.9 Å². The van der Waals surface area contributed by atoms with Crippen LogP contribution in [0.3, 0.4) is 0 Å². The first-order chi connectivity index (χ1) is 6.57. The van der Waals surface area contributed by atoms with E-state index in [0.29, 0.717) is 0 Å². The molecule has 0 aliphatic carbocycles. The van der Waals surface area contributed by atoms with Gasteiger partial charge in [0.15, 0.2) is 5.76 Å². The molecule has 0 radical (unpaired) electrons. The molecule has 1 aromatic rings. The van der Waals surface area contributed by atoms with Crippen molar-refractivity contribution >= 4 is 0 Å². The maximum atomic E-state index is 5.77. The number of furan rings is 1. The maximum absolute atomic E-state index is 5.77. The molecule has 0 aromatic carbocycles. The van der Waals surface area contributed by atoms with Crippen LogP contribution in [-0.2, 0) is 9.47 Å². The zero-order chi connectivity index (χ0) is 10.2. The van der Waals surface area contributed by atoms with Gasteiger partial charge in [0.25, 0.3) is 0 Å². The largest absolute Gasteiger partial charge is 0.464 e. The molecule has 1 aromatic heterocycles. The number of hydrogen-bond acceptors (Lipinski definition) is 3. The lowest BCUT2D eigenvalue weighted by molar-refractivity contribution is -0.279. The Hall–Kier alpha value is -0.800. The van der Waals surface area contributed by atoms with Crippen LogP contribution < -0.4 is 0 Å². The molecular formula is C11H16O3. The van der Waals surface area contributed by atoms with Gasteiger partial charge in [-0.2, -0.15) is 0 Å². The van der Waals surface area contributed by atoms with E-state index in [1.54, 1.807) is 6.26 Å². The van der Waals surface area contributed by atoms with Crippen molar-refractivity contribution in [3.63, 3.8) is 0 Å². The first-order valence-corrected chi connectivity index (χ1v) is 4.93. The highest BCUT2D eigenvalue weighted by Crippen LogP contribution is 2.35. The van der Waals surface area contributed by atoms with Crippen molar-refractivity contribution in [1.29, 1.82) is 0 Å². The van der Waals surface area contributed by atoms with Crippen molar-refractivity contribution in [3.05, 3.63) is 24.2 Å². The summed E-state index contributed by atoms with van der Waals surface area (Å²) in [7, 11) is 0. The van der Waals surface area contributed by atoms with Crippen LogP contribution in [0.1, 0.15) is 39.2 Å². The predicted octanol–water partition coefficient (Wildman–Crippen LogP) is 2.88. The van der Waals surface area contributed by atoms with Gasteiger partial charge in [0.05, 0.1) is 18.0 Å². The normalized spacial score (nSPS) is 31.6. The van der Waals surface area contributed by atoms with Gasteiger partial charge in [-0.1, -0.05) is 0 Å². The molecule has 0 amide bonds. The van der Waals surface area contributed by atoms with Crippen LogP contribution in [0, 0.1) is 0 Å². The molecule has 0 N–H and O–H groups in total. The Kier molecular flexibility index (Phi) is 2.37. The summed E-state index contributed by atoms with van der Waals surface area (Å²) in [5, 5.41) is 0. The van der Waals surface area contributed by atoms with Crippen LogP contribution in [0.15, 0.2) is 22.8 Å². The van der Waals surface area contributed by atoms with E-state index in [9.17, 15) is 0 Å². The van der Waals surface area contributed by atoms with Crippen LogP contribution in [0.4, 0.5) is 0 Å². The standard InChI is InChI=1S/C11H16O3/c1-8-7-11(2,3)14-10(13-8)9-5-4-6-12-9/h4-6,8,10H,7H2,1-3H3/t8-,10+/m0/s1. The zero-order valence-electron chi connectivity index (χ0n) is 8.82. The maximum Gasteiger partial charge on any atom is 0.217 e. The molecule has 2 atom stereocenters. The highest BCUT2D eigenvalue weighted by Gasteiger charge is 2.35. The van der Waals surface area contributed by atoms with E-state index >= 15 is 0 Å². The van der Waals surface area contributed by atoms with Gasteiger partial charge in [-0.25, -0.2) is 0 Å². The van der Waals surface area contributed by atoms with E-state index in [0.717, 1.165) is 12.2 Å². The first kappa shape index (κ1) is 9.74. The molecular weight excluding hydrogens is 180 g/mol. The Morgan fingerprint density at radius 2 is 2.21 bits per heavy atom. The molecule has 0 unspecified atom stereocenters. The second-order valence-corrected chi connectivity index (χ2v) is 4.38. The molecule has 1 fully saturated rings. The van der Waals surface area contributed by atoms with Gasteiger partial charge in [0.2, 0.25) is 6.29 Å². The summed E-state index contributed by atoms with van der Waals surface area (Å²) in [5.74, 6) is 0.740. The monoisotopic (exact) mass is 196 g/mol. The molecule has 1 aliphatic rings. The minimum absolute atomic E-state index is 0.144. The van der Waals surface area contributed by atoms with Crippen LogP contribution in [0.5, 0.6) is 0 Å². The molecule has 3 heteroatoms. The molecule has 1 aliphatic heterocycles. The lowest BCUT2D eigenvalue weighted by atomic mass is 10.00. The van der Waals surface area contributed by atoms with Gasteiger partial charge < -0.3 is 13.9 Å². The lowest BCUT2D eigenvalue weighted by Gasteiger charge is -2.38. The van der Waals surface area contributed by atoms with Crippen LogP contribution in [-0.4, -0.2) is 11.7 Å². The van der Waals surface area contributed by atoms with E-state index in [4.69, 9.17) is 13.9 Å². The van der Waals surface area contributed by atoms with E-state index in [1.807, 2.05) is 12.1 Å². The van der Waals surface area contributed by atoms with Crippen molar-refractivity contribution in [2.24, 2.45) is 0 Å². The van der Waals surface area contributed by atoms with E-state index < -0.39 is 0 Å². The van der Waals surface area contributed by atoms with Gasteiger partial charge in [0, 0.05) is 6.42 Å². The zero-order valence-corrected chi connectivity index (χ0v) is 8.82. The summed E-state index contributed by atoms with van der Waals surface area (Å²) in [4.78, 5) is 0. The van der Waals surface area contributed by atoms with Crippen molar-refractivity contribution in [2.45, 2.75) is 45.2 Å². The Labute approximate surface area is 84.0 Å². The average molecular weight is 196 g/mol. The third-order valence-electron chi connectivity index (χ3n) is 2.34. The van der Waals surface area contributed by atoms with Crippen molar-refractivity contribution < 1.29 is 13.9 Å². The SMILES string of the molecule is C[C@H]1CC(C)(C)O[C@H](c2ccco2)O1. The highest BCUT2D eigenvalue weighted by molar-refractivity contribution is 5.01. The van der Waals surface area contributed by atoms with E-state index in [2.05, 4.69) is 20.8 Å². The van der Waals surface area contributed by atoms with Crippen LogP contribution in [0.2, 0.25) is 0 Å².